The van der Waals surface area contributed by atoms with Crippen LogP contribution in [0.25, 0.3) is 0 Å². The fourth-order valence-electron chi connectivity index (χ4n) is 4.47. The minimum Gasteiger partial charge on any atom is -0.497 e. The zero-order chi connectivity index (χ0) is 21.6. The number of ether oxygens (including phenoxy) is 2. The highest BCUT2D eigenvalue weighted by atomic mass is 16.5. The Labute approximate surface area is 183 Å². The van der Waals surface area contributed by atoms with Gasteiger partial charge in [-0.3, -0.25) is 9.59 Å². The molecule has 2 aromatic rings. The Kier molecular flexibility index (Phi) is 6.75. The van der Waals surface area contributed by atoms with Crippen LogP contribution in [0, 0.1) is 0 Å². The Morgan fingerprint density at radius 3 is 2.58 bits per heavy atom. The predicted molar refractivity (Wildman–Crippen MR) is 119 cm³/mol. The number of carbonyl (C=O) groups excluding carboxylic acids is 2. The average Bonchev–Trinajstić information content (AvgIpc) is 3.08. The molecule has 0 N–H and O–H groups in total. The lowest BCUT2D eigenvalue weighted by Gasteiger charge is -2.30. The van der Waals surface area contributed by atoms with Crippen LogP contribution in [-0.4, -0.2) is 43.5 Å². The standard InChI is InChI=1S/C25H30N2O4/c1-30-21-13-11-19(12-14-21)23-9-3-2-4-15-27(23)25(29)18-31-22-8-5-7-20(17-22)26-16-6-10-24(26)28/h5,7-8,11-14,17,23H,2-4,6,9-10,15-16,18H2,1H3. The fourth-order valence-corrected chi connectivity index (χ4v) is 4.47. The molecule has 1 atom stereocenters. The third kappa shape index (κ3) is 5.01. The van der Waals surface area contributed by atoms with Gasteiger partial charge in [-0.15, -0.1) is 0 Å². The summed E-state index contributed by atoms with van der Waals surface area (Å²) in [6, 6.07) is 15.5. The van der Waals surface area contributed by atoms with E-state index in [0.717, 1.165) is 62.2 Å². The molecule has 2 saturated heterocycles. The Morgan fingerprint density at radius 2 is 1.84 bits per heavy atom. The summed E-state index contributed by atoms with van der Waals surface area (Å²) >= 11 is 0. The first-order chi connectivity index (χ1) is 15.2. The highest BCUT2D eigenvalue weighted by Crippen LogP contribution is 2.31. The van der Waals surface area contributed by atoms with Crippen LogP contribution < -0.4 is 14.4 Å². The first kappa shape index (κ1) is 21.2. The molecule has 4 rings (SSSR count). The topological polar surface area (TPSA) is 59.1 Å². The molecule has 2 aliphatic rings. The number of rotatable bonds is 6. The molecule has 2 aromatic carbocycles. The van der Waals surface area contributed by atoms with Gasteiger partial charge < -0.3 is 19.3 Å². The van der Waals surface area contributed by atoms with E-state index >= 15 is 0 Å². The Hall–Kier alpha value is -3.02. The molecule has 6 heteroatoms. The smallest absolute Gasteiger partial charge is 0.261 e. The van der Waals surface area contributed by atoms with Crippen molar-refractivity contribution in [1.82, 2.24) is 4.90 Å². The van der Waals surface area contributed by atoms with E-state index in [2.05, 4.69) is 0 Å². The van der Waals surface area contributed by atoms with E-state index in [1.54, 1.807) is 12.0 Å². The second-order valence-corrected chi connectivity index (χ2v) is 8.16. The van der Waals surface area contributed by atoms with Crippen LogP contribution in [0.2, 0.25) is 0 Å². The van der Waals surface area contributed by atoms with Crippen molar-refractivity contribution in [3.63, 3.8) is 0 Å². The second kappa shape index (κ2) is 9.86. The quantitative estimate of drug-likeness (QED) is 0.695. The second-order valence-electron chi connectivity index (χ2n) is 8.16. The van der Waals surface area contributed by atoms with E-state index < -0.39 is 0 Å². The van der Waals surface area contributed by atoms with Gasteiger partial charge in [-0.1, -0.05) is 31.0 Å². The lowest BCUT2D eigenvalue weighted by molar-refractivity contribution is -0.135. The summed E-state index contributed by atoms with van der Waals surface area (Å²) in [5, 5.41) is 0. The molecule has 164 valence electrons. The average molecular weight is 423 g/mol. The normalized spacial score (nSPS) is 19.3. The molecular formula is C25H30N2O4. The van der Waals surface area contributed by atoms with Crippen LogP contribution in [0.1, 0.15) is 50.1 Å². The third-order valence-electron chi connectivity index (χ3n) is 6.14. The maximum absolute atomic E-state index is 13.1. The van der Waals surface area contributed by atoms with Crippen molar-refractivity contribution < 1.29 is 19.1 Å². The van der Waals surface area contributed by atoms with Crippen molar-refractivity contribution in [1.29, 1.82) is 0 Å². The van der Waals surface area contributed by atoms with E-state index in [4.69, 9.17) is 9.47 Å². The number of hydrogen-bond acceptors (Lipinski definition) is 4. The number of likely N-dealkylation sites (tertiary alicyclic amines) is 1. The van der Waals surface area contributed by atoms with Crippen molar-refractivity contribution in [2.75, 3.05) is 31.7 Å². The number of methoxy groups -OCH3 is 1. The van der Waals surface area contributed by atoms with Gasteiger partial charge in [-0.25, -0.2) is 0 Å². The lowest BCUT2D eigenvalue weighted by Crippen LogP contribution is -2.38. The number of benzene rings is 2. The number of carbonyl (C=O) groups is 2. The van der Waals surface area contributed by atoms with E-state index in [-0.39, 0.29) is 24.5 Å². The minimum absolute atomic E-state index is 0.00892. The Balaban J connectivity index is 1.44. The van der Waals surface area contributed by atoms with Crippen molar-refractivity contribution in [2.45, 2.75) is 44.6 Å². The van der Waals surface area contributed by atoms with Gasteiger partial charge in [-0.05, 0) is 49.1 Å². The summed E-state index contributed by atoms with van der Waals surface area (Å²) in [5.41, 5.74) is 1.96. The van der Waals surface area contributed by atoms with Crippen molar-refractivity contribution in [3.8, 4) is 11.5 Å². The molecule has 0 aliphatic carbocycles. The van der Waals surface area contributed by atoms with Crippen LogP contribution in [-0.2, 0) is 9.59 Å². The van der Waals surface area contributed by atoms with Gasteiger partial charge >= 0.3 is 0 Å². The molecule has 31 heavy (non-hydrogen) atoms. The van der Waals surface area contributed by atoms with Gasteiger partial charge in [-0.2, -0.15) is 0 Å². The van der Waals surface area contributed by atoms with E-state index in [1.165, 1.54) is 0 Å². The Bertz CT molecular complexity index is 912. The molecule has 0 bridgehead atoms. The van der Waals surface area contributed by atoms with Crippen molar-refractivity contribution in [2.24, 2.45) is 0 Å². The molecule has 6 nitrogen and oxygen atoms in total. The molecule has 2 aliphatic heterocycles. The van der Waals surface area contributed by atoms with Crippen molar-refractivity contribution in [3.05, 3.63) is 54.1 Å². The lowest BCUT2D eigenvalue weighted by atomic mass is 10.0. The van der Waals surface area contributed by atoms with Gasteiger partial charge in [0.1, 0.15) is 11.5 Å². The number of nitrogens with zero attached hydrogens (tertiary/aromatic N) is 2. The molecule has 2 amide bonds. The van der Waals surface area contributed by atoms with Gasteiger partial charge in [0.15, 0.2) is 6.61 Å². The zero-order valence-electron chi connectivity index (χ0n) is 18.1. The van der Waals surface area contributed by atoms with Crippen LogP contribution in [0.4, 0.5) is 5.69 Å². The summed E-state index contributed by atoms with van der Waals surface area (Å²) in [7, 11) is 1.66. The molecule has 0 spiro atoms. The molecule has 0 saturated carbocycles. The summed E-state index contributed by atoms with van der Waals surface area (Å²) in [5.74, 6) is 1.56. The van der Waals surface area contributed by atoms with E-state index in [0.29, 0.717) is 12.2 Å². The molecule has 2 fully saturated rings. The summed E-state index contributed by atoms with van der Waals surface area (Å²) in [6.07, 6.45) is 5.65. The maximum atomic E-state index is 13.1. The number of anilines is 1. The van der Waals surface area contributed by atoms with E-state index in [1.807, 2.05) is 53.4 Å². The van der Waals surface area contributed by atoms with E-state index in [9.17, 15) is 9.59 Å². The zero-order valence-corrected chi connectivity index (χ0v) is 18.1. The van der Waals surface area contributed by atoms with Gasteiger partial charge in [0.25, 0.3) is 5.91 Å². The third-order valence-corrected chi connectivity index (χ3v) is 6.14. The number of hydrogen-bond donors (Lipinski definition) is 0. The molecule has 0 radical (unpaired) electrons. The molecule has 1 unspecified atom stereocenters. The summed E-state index contributed by atoms with van der Waals surface area (Å²) in [6.45, 7) is 1.46. The van der Waals surface area contributed by atoms with Gasteiger partial charge in [0, 0.05) is 31.3 Å². The minimum atomic E-state index is -0.00987. The maximum Gasteiger partial charge on any atom is 0.261 e. The monoisotopic (exact) mass is 422 g/mol. The SMILES string of the molecule is COc1ccc(C2CCCCCN2C(=O)COc2cccc(N3CCCC3=O)c2)cc1. The first-order valence-electron chi connectivity index (χ1n) is 11.1. The highest BCUT2D eigenvalue weighted by Gasteiger charge is 2.27. The van der Waals surface area contributed by atoms with Crippen LogP contribution in [0.15, 0.2) is 48.5 Å². The van der Waals surface area contributed by atoms with Gasteiger partial charge in [0.2, 0.25) is 5.91 Å². The van der Waals surface area contributed by atoms with Crippen LogP contribution in [0.5, 0.6) is 11.5 Å². The largest absolute Gasteiger partial charge is 0.497 e. The number of amides is 2. The van der Waals surface area contributed by atoms with Crippen molar-refractivity contribution >= 4 is 17.5 Å². The fraction of sp³-hybridized carbons (Fsp3) is 0.440. The predicted octanol–water partition coefficient (Wildman–Crippen LogP) is 4.34. The molecular weight excluding hydrogens is 392 g/mol. The summed E-state index contributed by atoms with van der Waals surface area (Å²) in [4.78, 5) is 28.9. The first-order valence-corrected chi connectivity index (χ1v) is 11.1. The van der Waals surface area contributed by atoms with Crippen LogP contribution >= 0.6 is 0 Å². The van der Waals surface area contributed by atoms with Gasteiger partial charge in [0.05, 0.1) is 13.2 Å². The summed E-state index contributed by atoms with van der Waals surface area (Å²) < 4.78 is 11.1. The Morgan fingerprint density at radius 1 is 1.00 bits per heavy atom. The van der Waals surface area contributed by atoms with Crippen LogP contribution in [0.3, 0.4) is 0 Å². The highest BCUT2D eigenvalue weighted by molar-refractivity contribution is 5.95. The molecule has 0 aromatic heterocycles. The molecule has 2 heterocycles.